The zero-order chi connectivity index (χ0) is 34.7. The number of hydrogen-bond acceptors (Lipinski definition) is 9. The second-order valence-electron chi connectivity index (χ2n) is 13.1. The summed E-state index contributed by atoms with van der Waals surface area (Å²) in [5.74, 6) is 0.432. The second kappa shape index (κ2) is 17.1. The highest BCUT2D eigenvalue weighted by atomic mass is 16.6. The van der Waals surface area contributed by atoms with Crippen molar-refractivity contribution in [2.75, 3.05) is 26.4 Å². The van der Waals surface area contributed by atoms with Gasteiger partial charge in [-0.25, -0.2) is 4.79 Å². The van der Waals surface area contributed by atoms with Gasteiger partial charge in [0.25, 0.3) is 0 Å². The number of carboxylic acid groups (broad SMARTS) is 1. The van der Waals surface area contributed by atoms with Crippen LogP contribution in [0.15, 0.2) is 66.7 Å². The Balaban J connectivity index is 1.27. The number of Topliss-reactive ketones (excluding diaryl/α,β-unsaturated/α-hetero) is 1. The molecular weight excluding hydrogens is 616 g/mol. The number of aliphatic hydroxyl groups excluding tert-OH is 1. The number of ketones is 1. The fourth-order valence-corrected chi connectivity index (χ4v) is 4.88. The Hall–Kier alpha value is -4.41. The molecule has 10 heteroatoms. The van der Waals surface area contributed by atoms with Crippen LogP contribution < -0.4 is 14.2 Å². The van der Waals surface area contributed by atoms with Crippen molar-refractivity contribution in [2.45, 2.75) is 77.4 Å². The third-order valence-electron chi connectivity index (χ3n) is 7.92. The lowest BCUT2D eigenvalue weighted by Gasteiger charge is -2.22. The highest BCUT2D eigenvalue weighted by Gasteiger charge is 2.26. The normalized spacial score (nSPS) is 15.2. The van der Waals surface area contributed by atoms with Gasteiger partial charge in [0.1, 0.15) is 55.0 Å². The maximum atomic E-state index is 13.4. The molecule has 0 bridgehead atoms. The minimum Gasteiger partial charge on any atom is -0.491 e. The van der Waals surface area contributed by atoms with Crippen LogP contribution in [0.4, 0.5) is 0 Å². The van der Waals surface area contributed by atoms with Crippen molar-refractivity contribution in [2.24, 2.45) is 5.92 Å². The summed E-state index contributed by atoms with van der Waals surface area (Å²) < 4.78 is 27.8. The number of aliphatic carboxylic acids is 1. The van der Waals surface area contributed by atoms with Gasteiger partial charge in [0.05, 0.1) is 12.2 Å². The van der Waals surface area contributed by atoms with E-state index in [1.807, 2.05) is 58.0 Å². The first-order chi connectivity index (χ1) is 22.9. The predicted molar refractivity (Wildman–Crippen MR) is 179 cm³/mol. The van der Waals surface area contributed by atoms with E-state index < -0.39 is 18.0 Å². The smallest absolute Gasteiger partial charge is 0.338 e. The molecule has 0 radical (unpaired) electrons. The lowest BCUT2D eigenvalue weighted by Crippen LogP contribution is -2.26. The Labute approximate surface area is 281 Å². The summed E-state index contributed by atoms with van der Waals surface area (Å²) in [7, 11) is 0. The van der Waals surface area contributed by atoms with Crippen LogP contribution in [0, 0.1) is 5.92 Å². The third-order valence-corrected chi connectivity index (χ3v) is 7.92. The average molecular weight is 663 g/mol. The number of carbonyl (C=O) groups excluding carboxylic acids is 2. The standard InChI is InChI=1S/C38H46O10/c1-25(8-6-5-7-9-35(40)41)36(42)33-19-10-26(38(2,3)4)20-34(33)37(43)47-22-27(39)21-44-28-11-15-30(16-12-28)48-31-17-13-29(14-18-31)45-23-32-24-46-32/h10-20,25,27,32,39H,5-9,21-24H2,1-4H3,(H,40,41). The molecule has 3 atom stereocenters. The molecule has 0 aromatic heterocycles. The first kappa shape index (κ1) is 36.4. The molecule has 3 aromatic carbocycles. The molecule has 1 saturated heterocycles. The fraction of sp³-hybridized carbons (Fsp3) is 0.447. The van der Waals surface area contributed by atoms with E-state index in [0.29, 0.717) is 49.5 Å². The van der Waals surface area contributed by atoms with Gasteiger partial charge < -0.3 is 33.9 Å². The van der Waals surface area contributed by atoms with Crippen LogP contribution in [0.5, 0.6) is 23.0 Å². The second-order valence-corrected chi connectivity index (χ2v) is 13.1. The van der Waals surface area contributed by atoms with Crippen LogP contribution in [-0.4, -0.2) is 66.6 Å². The molecule has 1 heterocycles. The molecule has 48 heavy (non-hydrogen) atoms. The fourth-order valence-electron chi connectivity index (χ4n) is 4.88. The van der Waals surface area contributed by atoms with E-state index in [2.05, 4.69) is 0 Å². The van der Waals surface area contributed by atoms with E-state index in [1.165, 1.54) is 0 Å². The minimum atomic E-state index is -1.10. The van der Waals surface area contributed by atoms with Gasteiger partial charge in [-0.3, -0.25) is 9.59 Å². The summed E-state index contributed by atoms with van der Waals surface area (Å²) in [6.07, 6.45) is 1.75. The van der Waals surface area contributed by atoms with E-state index in [1.54, 1.807) is 36.4 Å². The van der Waals surface area contributed by atoms with Gasteiger partial charge in [-0.2, -0.15) is 0 Å². The van der Waals surface area contributed by atoms with Gasteiger partial charge in [-0.1, -0.05) is 52.7 Å². The lowest BCUT2D eigenvalue weighted by atomic mass is 9.83. The summed E-state index contributed by atoms with van der Waals surface area (Å²) in [6.45, 7) is 8.69. The first-order valence-corrected chi connectivity index (χ1v) is 16.4. The van der Waals surface area contributed by atoms with E-state index in [0.717, 1.165) is 17.9 Å². The van der Waals surface area contributed by atoms with Crippen LogP contribution in [0.2, 0.25) is 0 Å². The Morgan fingerprint density at radius 3 is 2.02 bits per heavy atom. The maximum Gasteiger partial charge on any atom is 0.338 e. The van der Waals surface area contributed by atoms with Crippen LogP contribution in [0.25, 0.3) is 0 Å². The molecule has 2 N–H and O–H groups in total. The molecule has 3 aromatic rings. The number of benzene rings is 3. The zero-order valence-electron chi connectivity index (χ0n) is 28.1. The number of esters is 1. The molecule has 0 spiro atoms. The van der Waals surface area contributed by atoms with E-state index in [-0.39, 0.29) is 54.0 Å². The summed E-state index contributed by atoms with van der Waals surface area (Å²) in [5.41, 5.74) is 1.02. The maximum absolute atomic E-state index is 13.4. The molecule has 4 rings (SSSR count). The van der Waals surface area contributed by atoms with Crippen LogP contribution in [0.1, 0.15) is 86.1 Å². The Kier molecular flexibility index (Phi) is 13.0. The van der Waals surface area contributed by atoms with E-state index >= 15 is 0 Å². The predicted octanol–water partition coefficient (Wildman–Crippen LogP) is 7.00. The van der Waals surface area contributed by atoms with Crippen molar-refractivity contribution in [3.63, 3.8) is 0 Å². The van der Waals surface area contributed by atoms with Crippen molar-refractivity contribution in [1.82, 2.24) is 0 Å². The van der Waals surface area contributed by atoms with Crippen molar-refractivity contribution < 1.29 is 48.3 Å². The molecular formula is C38H46O10. The number of carbonyl (C=O) groups is 3. The molecule has 0 aliphatic carbocycles. The van der Waals surface area contributed by atoms with Crippen molar-refractivity contribution in [1.29, 1.82) is 0 Å². The van der Waals surface area contributed by atoms with E-state index in [9.17, 15) is 19.5 Å². The number of epoxide rings is 1. The van der Waals surface area contributed by atoms with Gasteiger partial charge >= 0.3 is 11.9 Å². The number of aliphatic hydroxyl groups is 1. The van der Waals surface area contributed by atoms with Crippen LogP contribution >= 0.6 is 0 Å². The van der Waals surface area contributed by atoms with Gasteiger partial charge in [-0.15, -0.1) is 0 Å². The number of unbranched alkanes of at least 4 members (excludes halogenated alkanes) is 2. The van der Waals surface area contributed by atoms with Crippen molar-refractivity contribution >= 4 is 17.7 Å². The molecule has 258 valence electrons. The largest absolute Gasteiger partial charge is 0.491 e. The number of hydrogen-bond donors (Lipinski definition) is 2. The highest BCUT2D eigenvalue weighted by Crippen LogP contribution is 2.28. The highest BCUT2D eigenvalue weighted by molar-refractivity contribution is 6.07. The SMILES string of the molecule is CC(CCCCCC(=O)O)C(=O)c1ccc(C(C)(C)C)cc1C(=O)OCC(O)COc1ccc(Oc2ccc(OCC3CO3)cc2)cc1. The van der Waals surface area contributed by atoms with Crippen molar-refractivity contribution in [3.05, 3.63) is 83.4 Å². The lowest BCUT2D eigenvalue weighted by molar-refractivity contribution is -0.137. The number of carboxylic acids is 1. The molecule has 10 nitrogen and oxygen atoms in total. The number of rotatable bonds is 19. The van der Waals surface area contributed by atoms with Gasteiger partial charge in [-0.05, 0) is 78.4 Å². The number of ether oxygens (including phenoxy) is 5. The molecule has 3 unspecified atom stereocenters. The third kappa shape index (κ3) is 11.7. The minimum absolute atomic E-state index is 0.106. The van der Waals surface area contributed by atoms with Gasteiger partial charge in [0.15, 0.2) is 5.78 Å². The average Bonchev–Trinajstić information content (AvgIpc) is 3.90. The zero-order valence-corrected chi connectivity index (χ0v) is 28.1. The Bertz CT molecular complexity index is 1500. The monoisotopic (exact) mass is 662 g/mol. The quantitative estimate of drug-likeness (QED) is 0.0596. The summed E-state index contributed by atoms with van der Waals surface area (Å²) >= 11 is 0. The summed E-state index contributed by atoms with van der Waals surface area (Å²) in [5, 5.41) is 19.4. The topological polar surface area (TPSA) is 141 Å². The Morgan fingerprint density at radius 1 is 0.833 bits per heavy atom. The molecule has 1 aliphatic heterocycles. The summed E-state index contributed by atoms with van der Waals surface area (Å²) in [6, 6.07) is 19.4. The van der Waals surface area contributed by atoms with Gasteiger partial charge in [0, 0.05) is 17.9 Å². The summed E-state index contributed by atoms with van der Waals surface area (Å²) in [4.78, 5) is 37.4. The molecule has 1 aliphatic rings. The first-order valence-electron chi connectivity index (χ1n) is 16.4. The van der Waals surface area contributed by atoms with E-state index in [4.69, 9.17) is 28.8 Å². The molecule has 0 saturated carbocycles. The van der Waals surface area contributed by atoms with Crippen molar-refractivity contribution in [3.8, 4) is 23.0 Å². The van der Waals surface area contributed by atoms with Crippen LogP contribution in [-0.2, 0) is 19.7 Å². The Morgan fingerprint density at radius 2 is 1.44 bits per heavy atom. The van der Waals surface area contributed by atoms with Crippen LogP contribution in [0.3, 0.4) is 0 Å². The molecule has 0 amide bonds. The van der Waals surface area contributed by atoms with Gasteiger partial charge in [0.2, 0.25) is 0 Å². The molecule has 1 fully saturated rings.